The number of hydrogen-bond donors (Lipinski definition) is 1. The van der Waals surface area contributed by atoms with Crippen LogP contribution in [-0.4, -0.2) is 33.5 Å². The summed E-state index contributed by atoms with van der Waals surface area (Å²) in [4.78, 5) is 12.3. The molecule has 0 saturated carbocycles. The number of amides is 1. The summed E-state index contributed by atoms with van der Waals surface area (Å²) in [6, 6.07) is 10.7. The van der Waals surface area contributed by atoms with E-state index in [1.54, 1.807) is 18.3 Å². The van der Waals surface area contributed by atoms with Gasteiger partial charge in [0, 0.05) is 15.6 Å². The molecular weight excluding hydrogens is 376 g/mol. The van der Waals surface area contributed by atoms with Crippen molar-refractivity contribution in [1.82, 2.24) is 5.43 Å². The normalized spacial score (nSPS) is 10.5. The van der Waals surface area contributed by atoms with Crippen molar-refractivity contribution in [3.63, 3.8) is 0 Å². The molecule has 1 amide bonds. The topological polar surface area (TPSA) is 69.2 Å². The highest BCUT2D eigenvalue weighted by Gasteiger charge is 2.16. The molecule has 0 unspecified atom stereocenters. The molecule has 0 aliphatic rings. The first-order chi connectivity index (χ1) is 11.6. The van der Waals surface area contributed by atoms with E-state index in [9.17, 15) is 4.79 Å². The van der Waals surface area contributed by atoms with E-state index in [0.717, 1.165) is 10.0 Å². The number of nitrogens with one attached hydrogen (secondary N) is 1. The summed E-state index contributed by atoms with van der Waals surface area (Å²) in [5.74, 6) is 0.833. The van der Waals surface area contributed by atoms with Gasteiger partial charge in [-0.25, -0.2) is 5.43 Å². The van der Waals surface area contributed by atoms with Gasteiger partial charge >= 0.3 is 0 Å². The molecule has 126 valence electrons. The second kappa shape index (κ2) is 8.35. The first kappa shape index (κ1) is 17.8. The maximum atomic E-state index is 12.3. The van der Waals surface area contributed by atoms with Crippen LogP contribution in [0.5, 0.6) is 17.2 Å². The van der Waals surface area contributed by atoms with Crippen molar-refractivity contribution in [2.45, 2.75) is 0 Å². The van der Waals surface area contributed by atoms with E-state index in [1.165, 1.54) is 21.3 Å². The predicted molar refractivity (Wildman–Crippen MR) is 95.3 cm³/mol. The van der Waals surface area contributed by atoms with Gasteiger partial charge in [0.2, 0.25) is 5.75 Å². The fraction of sp³-hybridized carbons (Fsp3) is 0.176. The van der Waals surface area contributed by atoms with E-state index in [0.29, 0.717) is 22.8 Å². The van der Waals surface area contributed by atoms with Crippen LogP contribution in [0.1, 0.15) is 15.9 Å². The Balaban J connectivity index is 2.19. The first-order valence-corrected chi connectivity index (χ1v) is 7.78. The molecule has 0 spiro atoms. The number of halogens is 1. The minimum Gasteiger partial charge on any atom is -0.493 e. The third-order valence-electron chi connectivity index (χ3n) is 3.20. The molecule has 2 aromatic carbocycles. The van der Waals surface area contributed by atoms with Gasteiger partial charge < -0.3 is 14.2 Å². The van der Waals surface area contributed by atoms with Crippen LogP contribution in [0.3, 0.4) is 0 Å². The average Bonchev–Trinajstić information content (AvgIpc) is 2.61. The standard InChI is InChI=1S/C17H17BrN2O4/c1-22-14-8-12(9-15(23-2)16(14)24-3)17(21)20-19-10-11-6-4-5-7-13(11)18/h4-10H,1-3H3,(H,20,21)/b19-10-. The summed E-state index contributed by atoms with van der Waals surface area (Å²) in [5, 5.41) is 3.96. The van der Waals surface area contributed by atoms with Crippen LogP contribution in [0.15, 0.2) is 46.0 Å². The average molecular weight is 393 g/mol. The number of benzene rings is 2. The number of rotatable bonds is 6. The second-order valence-electron chi connectivity index (χ2n) is 4.63. The molecule has 24 heavy (non-hydrogen) atoms. The SMILES string of the molecule is COc1cc(C(=O)N/N=C\c2ccccc2Br)cc(OC)c1OC. The molecule has 0 aromatic heterocycles. The van der Waals surface area contributed by atoms with Crippen LogP contribution >= 0.6 is 15.9 Å². The highest BCUT2D eigenvalue weighted by Crippen LogP contribution is 2.38. The van der Waals surface area contributed by atoms with Crippen molar-refractivity contribution in [3.05, 3.63) is 52.0 Å². The van der Waals surface area contributed by atoms with E-state index in [2.05, 4.69) is 26.5 Å². The summed E-state index contributed by atoms with van der Waals surface area (Å²) in [6.45, 7) is 0. The zero-order valence-electron chi connectivity index (χ0n) is 13.5. The minimum absolute atomic E-state index is 0.341. The first-order valence-electron chi connectivity index (χ1n) is 6.98. The van der Waals surface area contributed by atoms with Crippen LogP contribution in [0, 0.1) is 0 Å². The van der Waals surface area contributed by atoms with Crippen LogP contribution < -0.4 is 19.6 Å². The number of ether oxygens (including phenoxy) is 3. The van der Waals surface area contributed by atoms with Gasteiger partial charge in [0.15, 0.2) is 11.5 Å². The summed E-state index contributed by atoms with van der Waals surface area (Å²) >= 11 is 3.41. The zero-order valence-corrected chi connectivity index (χ0v) is 15.1. The van der Waals surface area contributed by atoms with Crippen LogP contribution in [-0.2, 0) is 0 Å². The molecule has 1 N–H and O–H groups in total. The monoisotopic (exact) mass is 392 g/mol. The molecule has 6 nitrogen and oxygen atoms in total. The molecule has 0 atom stereocenters. The molecule has 0 aliphatic heterocycles. The van der Waals surface area contributed by atoms with Crippen molar-refractivity contribution in [2.24, 2.45) is 5.10 Å². The highest BCUT2D eigenvalue weighted by atomic mass is 79.9. The van der Waals surface area contributed by atoms with Gasteiger partial charge in [-0.1, -0.05) is 34.1 Å². The lowest BCUT2D eigenvalue weighted by atomic mass is 10.1. The Morgan fingerprint density at radius 1 is 1.08 bits per heavy atom. The molecule has 0 saturated heterocycles. The lowest BCUT2D eigenvalue weighted by Crippen LogP contribution is -2.18. The Hall–Kier alpha value is -2.54. The number of carbonyl (C=O) groups excluding carboxylic acids is 1. The quantitative estimate of drug-likeness (QED) is 0.605. The number of methoxy groups -OCH3 is 3. The second-order valence-corrected chi connectivity index (χ2v) is 5.49. The Morgan fingerprint density at radius 2 is 1.71 bits per heavy atom. The van der Waals surface area contributed by atoms with E-state index in [4.69, 9.17) is 14.2 Å². The number of nitrogens with zero attached hydrogens (tertiary/aromatic N) is 1. The Labute approximate surface area is 148 Å². The van der Waals surface area contributed by atoms with Crippen LogP contribution in [0.25, 0.3) is 0 Å². The third-order valence-corrected chi connectivity index (χ3v) is 3.92. The molecule has 0 radical (unpaired) electrons. The van der Waals surface area contributed by atoms with Crippen molar-refractivity contribution in [2.75, 3.05) is 21.3 Å². The summed E-state index contributed by atoms with van der Waals surface area (Å²) in [7, 11) is 4.48. The van der Waals surface area contributed by atoms with Gasteiger partial charge in [-0.2, -0.15) is 5.10 Å². The van der Waals surface area contributed by atoms with Gasteiger partial charge in [0.05, 0.1) is 27.5 Å². The highest BCUT2D eigenvalue weighted by molar-refractivity contribution is 9.10. The summed E-state index contributed by atoms with van der Waals surface area (Å²) in [6.07, 6.45) is 1.56. The number of hydrogen-bond acceptors (Lipinski definition) is 5. The van der Waals surface area contributed by atoms with Gasteiger partial charge in [0.1, 0.15) is 0 Å². The van der Waals surface area contributed by atoms with Crippen molar-refractivity contribution < 1.29 is 19.0 Å². The Kier molecular flexibility index (Phi) is 6.20. The molecule has 2 rings (SSSR count). The Bertz CT molecular complexity index is 737. The maximum absolute atomic E-state index is 12.3. The van der Waals surface area contributed by atoms with Crippen LogP contribution in [0.2, 0.25) is 0 Å². The van der Waals surface area contributed by atoms with E-state index in [1.807, 2.05) is 24.3 Å². The van der Waals surface area contributed by atoms with E-state index in [-0.39, 0.29) is 0 Å². The molecular formula is C17H17BrN2O4. The smallest absolute Gasteiger partial charge is 0.271 e. The van der Waals surface area contributed by atoms with Gasteiger partial charge in [-0.15, -0.1) is 0 Å². The fourth-order valence-corrected chi connectivity index (χ4v) is 2.40. The van der Waals surface area contributed by atoms with E-state index < -0.39 is 5.91 Å². The third kappa shape index (κ3) is 4.05. The summed E-state index contributed by atoms with van der Waals surface area (Å²) < 4.78 is 16.6. The number of carbonyl (C=O) groups is 1. The molecule has 7 heteroatoms. The lowest BCUT2D eigenvalue weighted by Gasteiger charge is -2.13. The fourth-order valence-electron chi connectivity index (χ4n) is 2.02. The zero-order chi connectivity index (χ0) is 17.5. The molecule has 0 aliphatic carbocycles. The molecule has 0 bridgehead atoms. The lowest BCUT2D eigenvalue weighted by molar-refractivity contribution is 0.0954. The van der Waals surface area contributed by atoms with E-state index >= 15 is 0 Å². The van der Waals surface area contributed by atoms with Crippen LogP contribution in [0.4, 0.5) is 0 Å². The number of hydrazone groups is 1. The molecule has 0 fully saturated rings. The predicted octanol–water partition coefficient (Wildman–Crippen LogP) is 3.24. The van der Waals surface area contributed by atoms with Gasteiger partial charge in [-0.3, -0.25) is 4.79 Å². The minimum atomic E-state index is -0.391. The molecule has 2 aromatic rings. The summed E-state index contributed by atoms with van der Waals surface area (Å²) in [5.41, 5.74) is 3.66. The largest absolute Gasteiger partial charge is 0.493 e. The Morgan fingerprint density at radius 3 is 2.25 bits per heavy atom. The van der Waals surface area contributed by atoms with Gasteiger partial charge in [-0.05, 0) is 18.2 Å². The van der Waals surface area contributed by atoms with Crippen molar-refractivity contribution >= 4 is 28.1 Å². The molecule has 0 heterocycles. The van der Waals surface area contributed by atoms with Crippen molar-refractivity contribution in [1.29, 1.82) is 0 Å². The van der Waals surface area contributed by atoms with Crippen molar-refractivity contribution in [3.8, 4) is 17.2 Å². The maximum Gasteiger partial charge on any atom is 0.271 e. The van der Waals surface area contributed by atoms with Gasteiger partial charge in [0.25, 0.3) is 5.91 Å².